The molecule has 0 amide bonds. The van der Waals surface area contributed by atoms with Crippen LogP contribution >= 0.6 is 11.8 Å². The Balaban J connectivity index is 1.58. The van der Waals surface area contributed by atoms with Crippen molar-refractivity contribution in [1.82, 2.24) is 0 Å². The zero-order chi connectivity index (χ0) is 35.5. The Morgan fingerprint density at radius 3 is 2.71 bits per heavy atom. The van der Waals surface area contributed by atoms with Gasteiger partial charge in [0, 0.05) is 25.2 Å². The van der Waals surface area contributed by atoms with E-state index in [1.165, 1.54) is 17.3 Å². The highest BCUT2D eigenvalue weighted by Crippen LogP contribution is 2.49. The number of aliphatic hydroxyl groups excluding tert-OH is 1. The molecule has 4 heterocycles. The van der Waals surface area contributed by atoms with Crippen LogP contribution in [0.3, 0.4) is 0 Å². The van der Waals surface area contributed by atoms with E-state index in [-0.39, 0.29) is 30.7 Å². The molecule has 10 atom stereocenters. The van der Waals surface area contributed by atoms with Gasteiger partial charge in [0.1, 0.15) is 36.9 Å². The number of carbonyl (C=O) groups excluding carboxylic acids is 1. The molecule has 0 radical (unpaired) electrons. The molecule has 0 saturated carbocycles. The molecule has 4 aliphatic heterocycles. The zero-order valence-electron chi connectivity index (χ0n) is 30.8. The summed E-state index contributed by atoms with van der Waals surface area (Å²) in [7, 11) is 1.57. The van der Waals surface area contributed by atoms with Crippen LogP contribution in [0.5, 0.6) is 0 Å². The molecule has 0 aromatic carbocycles. The van der Waals surface area contributed by atoms with Crippen LogP contribution in [0.1, 0.15) is 80.6 Å². The molecule has 3 fully saturated rings. The average molecular weight is 700 g/mol. The highest BCUT2D eigenvalue weighted by atomic mass is 32.2. The van der Waals surface area contributed by atoms with Gasteiger partial charge in [-0.05, 0) is 68.4 Å². The molecule has 1 N–H and O–H groups in total. The van der Waals surface area contributed by atoms with Crippen LogP contribution in [-0.2, 0) is 33.3 Å². The molecule has 0 aromatic rings. The van der Waals surface area contributed by atoms with Gasteiger partial charge in [0.15, 0.2) is 5.79 Å². The van der Waals surface area contributed by atoms with Crippen LogP contribution in [0.2, 0.25) is 0 Å². The normalized spacial score (nSPS) is 42.5. The number of hydrogen-bond acceptors (Lipinski definition) is 10. The van der Waals surface area contributed by atoms with E-state index in [0.717, 1.165) is 23.3 Å². The molecular formula is C39H57NO8S. The third-order valence-corrected chi connectivity index (χ3v) is 10.9. The summed E-state index contributed by atoms with van der Waals surface area (Å²) >= 11 is 1.52. The highest BCUT2D eigenvalue weighted by molar-refractivity contribution is 7.98. The number of nitrogens with zero attached hydrogens (tertiary/aromatic N) is 1. The topological polar surface area (TPSA) is 105 Å². The lowest BCUT2D eigenvalue weighted by molar-refractivity contribution is -0.313. The molecular weight excluding hydrogens is 642 g/mol. The van der Waals surface area contributed by atoms with Crippen molar-refractivity contribution in [2.24, 2.45) is 28.8 Å². The molecule has 1 aliphatic carbocycles. The molecule has 0 unspecified atom stereocenters. The van der Waals surface area contributed by atoms with Crippen LogP contribution in [0, 0.1) is 23.7 Å². The van der Waals surface area contributed by atoms with Crippen molar-refractivity contribution in [3.05, 3.63) is 58.7 Å². The van der Waals surface area contributed by atoms with E-state index in [1.54, 1.807) is 7.11 Å². The van der Waals surface area contributed by atoms with E-state index in [4.69, 9.17) is 28.5 Å². The van der Waals surface area contributed by atoms with Gasteiger partial charge in [-0.3, -0.25) is 4.79 Å². The van der Waals surface area contributed by atoms with Crippen molar-refractivity contribution < 1.29 is 38.4 Å². The molecule has 1 spiro atoms. The van der Waals surface area contributed by atoms with E-state index in [1.807, 2.05) is 31.4 Å². The maximum absolute atomic E-state index is 14.6. The number of thioether (sulfide) groups is 1. The second-order valence-corrected chi connectivity index (χ2v) is 15.8. The summed E-state index contributed by atoms with van der Waals surface area (Å²) in [6, 6.07) is 0. The first-order valence-corrected chi connectivity index (χ1v) is 19.2. The molecule has 5 rings (SSSR count). The Bertz CT molecular complexity index is 1400. The quantitative estimate of drug-likeness (QED) is 0.135. The van der Waals surface area contributed by atoms with E-state index in [9.17, 15) is 9.90 Å². The first-order chi connectivity index (χ1) is 23.3. The van der Waals surface area contributed by atoms with Gasteiger partial charge in [0.25, 0.3) is 0 Å². The van der Waals surface area contributed by atoms with Crippen molar-refractivity contribution in [3.8, 4) is 0 Å². The number of carbonyl (C=O) groups is 1. The Morgan fingerprint density at radius 2 is 2.00 bits per heavy atom. The van der Waals surface area contributed by atoms with Crippen LogP contribution in [0.15, 0.2) is 63.9 Å². The van der Waals surface area contributed by atoms with Crippen molar-refractivity contribution >= 4 is 23.4 Å². The van der Waals surface area contributed by atoms with Gasteiger partial charge in [0.2, 0.25) is 0 Å². The van der Waals surface area contributed by atoms with Gasteiger partial charge >= 0.3 is 5.97 Å². The Hall–Kier alpha value is -2.21. The third kappa shape index (κ3) is 8.15. The van der Waals surface area contributed by atoms with E-state index >= 15 is 0 Å². The van der Waals surface area contributed by atoms with Crippen molar-refractivity contribution in [2.75, 3.05) is 25.9 Å². The van der Waals surface area contributed by atoms with Gasteiger partial charge in [-0.1, -0.05) is 74.9 Å². The molecule has 49 heavy (non-hydrogen) atoms. The predicted octanol–water partition coefficient (Wildman–Crippen LogP) is 7.07. The van der Waals surface area contributed by atoms with Crippen molar-refractivity contribution in [2.45, 2.75) is 122 Å². The summed E-state index contributed by atoms with van der Waals surface area (Å²) in [6.45, 7) is 15.0. The lowest BCUT2D eigenvalue weighted by atomic mass is 9.70. The number of oxime groups is 1. The number of allylic oxidation sites excluding steroid dienone is 5. The van der Waals surface area contributed by atoms with Crippen LogP contribution < -0.4 is 0 Å². The monoisotopic (exact) mass is 699 g/mol. The number of ether oxygens (including phenoxy) is 5. The molecule has 3 saturated heterocycles. The van der Waals surface area contributed by atoms with Crippen LogP contribution in [-0.4, -0.2) is 84.6 Å². The minimum absolute atomic E-state index is 0.0208. The fourth-order valence-electron chi connectivity index (χ4n) is 8.33. The summed E-state index contributed by atoms with van der Waals surface area (Å²) in [5, 5.41) is 15.8. The van der Waals surface area contributed by atoms with Gasteiger partial charge in [-0.2, -0.15) is 0 Å². The summed E-state index contributed by atoms with van der Waals surface area (Å²) in [5.41, 5.74) is 3.51. The third-order valence-electron chi connectivity index (χ3n) is 10.5. The number of aliphatic hydroxyl groups is 1. The standard InChI is InChI=1S/C39H57NO8S/c1-23(2)15-27(6)35-28(7)33(40-43-8)20-38(48-35)19-31-18-30(47-38)14-13-25(4)16-24(3)11-10-12-29-21-44-36-34(41)26(5)17-32(37(42)46-31)39(29,36)45-22-49-9/h10-13,15,17,23-24,28,30-32,34-36,41H,14,16,18-22H2,1-9H3/b11-10+,25-13+,27-15+,29-12+,40-33+/t24-,28-,30+,31-,32-,34+,35+,36+,38-,39+/m0/s1. The number of hydrogen-bond donors (Lipinski definition) is 1. The maximum Gasteiger partial charge on any atom is 0.316 e. The molecule has 0 aromatic heterocycles. The molecule has 5 aliphatic rings. The molecule has 272 valence electrons. The fourth-order valence-corrected chi connectivity index (χ4v) is 8.65. The summed E-state index contributed by atoms with van der Waals surface area (Å²) in [5.74, 6) is -1.37. The van der Waals surface area contributed by atoms with E-state index < -0.39 is 41.6 Å². The van der Waals surface area contributed by atoms with Gasteiger partial charge < -0.3 is 33.6 Å². The SMILES string of the molecule is CO/N=C1\C[C@]2(C[C@@H]3C[C@@H](C/C=C(\C)C[C@@H](C)/C=C/C=C4\CO[C@@H]5[C@H](O)C(C)=C[C@@H](C(=O)O3)[C@]45OCSC)O2)O[C@H](/C(C)=C/C(C)C)[C@H]1C. The predicted molar refractivity (Wildman–Crippen MR) is 193 cm³/mol. The molecule has 9 nitrogen and oxygen atoms in total. The minimum Gasteiger partial charge on any atom is -0.462 e. The highest BCUT2D eigenvalue weighted by Gasteiger charge is 2.62. The number of rotatable bonds is 6. The Kier molecular flexibility index (Phi) is 12.4. The fraction of sp³-hybridized carbons (Fsp3) is 0.692. The summed E-state index contributed by atoms with van der Waals surface area (Å²) < 4.78 is 33.3. The number of fused-ring (bicyclic) bond motifs is 2. The first-order valence-electron chi connectivity index (χ1n) is 17.8. The second-order valence-electron chi connectivity index (χ2n) is 15.0. The van der Waals surface area contributed by atoms with Crippen LogP contribution in [0.4, 0.5) is 0 Å². The number of esters is 1. The van der Waals surface area contributed by atoms with E-state index in [2.05, 4.69) is 64.9 Å². The van der Waals surface area contributed by atoms with Crippen LogP contribution in [0.25, 0.3) is 0 Å². The minimum atomic E-state index is -1.21. The van der Waals surface area contributed by atoms with Gasteiger partial charge in [-0.15, -0.1) is 11.8 Å². The van der Waals surface area contributed by atoms with Crippen molar-refractivity contribution in [1.29, 1.82) is 0 Å². The Labute approximate surface area is 297 Å². The molecule has 10 heteroatoms. The Morgan fingerprint density at radius 1 is 1.22 bits per heavy atom. The average Bonchev–Trinajstić information content (AvgIpc) is 3.40. The maximum atomic E-state index is 14.6. The summed E-state index contributed by atoms with van der Waals surface area (Å²) in [4.78, 5) is 19.9. The first kappa shape index (κ1) is 38.0. The van der Waals surface area contributed by atoms with E-state index in [0.29, 0.717) is 43.1 Å². The molecule has 2 bridgehead atoms. The lowest BCUT2D eigenvalue weighted by Gasteiger charge is -2.50. The lowest BCUT2D eigenvalue weighted by Crippen LogP contribution is -2.60. The smallest absolute Gasteiger partial charge is 0.316 e. The zero-order valence-corrected chi connectivity index (χ0v) is 31.6. The van der Waals surface area contributed by atoms with Gasteiger partial charge in [0.05, 0.1) is 30.5 Å². The van der Waals surface area contributed by atoms with Crippen molar-refractivity contribution in [3.63, 3.8) is 0 Å². The largest absolute Gasteiger partial charge is 0.462 e. The summed E-state index contributed by atoms with van der Waals surface area (Å²) in [6.07, 6.45) is 14.6. The second kappa shape index (κ2) is 16.0. The van der Waals surface area contributed by atoms with Gasteiger partial charge in [-0.25, -0.2) is 0 Å².